The van der Waals surface area contributed by atoms with Crippen LogP contribution < -0.4 is 0 Å². The first-order valence-corrected chi connectivity index (χ1v) is 12.0. The molecule has 5 nitrogen and oxygen atoms in total. The molecule has 3 aromatic carbocycles. The topological polar surface area (TPSA) is 72.1 Å². The van der Waals surface area contributed by atoms with E-state index in [1.54, 1.807) is 6.20 Å². The van der Waals surface area contributed by atoms with E-state index in [0.29, 0.717) is 16.7 Å². The number of para-hydroxylation sites is 2. The number of aromatic nitrogens is 2. The standard InChI is InChI=1S/C30H24N2O3/c33-28(23-18-31-24-15-7-4-12-20(23)24)29(19-10-2-1-3-11-19)35-30(34)27-21-13-5-8-16-25(21)32-26-17-9-6-14-22(26)27/h1-5,7-8,10-13,15-16,18,29,31H,6,9,14,17H2. The minimum atomic E-state index is -1.06. The number of esters is 1. The molecule has 1 atom stereocenters. The molecule has 2 aromatic heterocycles. The molecule has 1 aliphatic carbocycles. The second-order valence-electron chi connectivity index (χ2n) is 8.94. The number of aryl methyl sites for hydroxylation is 1. The highest BCUT2D eigenvalue weighted by atomic mass is 16.5. The molecule has 5 heteroatoms. The van der Waals surface area contributed by atoms with Gasteiger partial charge in [0.25, 0.3) is 0 Å². The molecule has 172 valence electrons. The number of nitrogens with one attached hydrogen (secondary N) is 1. The molecular formula is C30H24N2O3. The molecule has 5 aromatic rings. The lowest BCUT2D eigenvalue weighted by Gasteiger charge is -2.22. The Bertz CT molecular complexity index is 1570. The number of carbonyl (C=O) groups is 2. The third kappa shape index (κ3) is 3.79. The number of hydrogen-bond acceptors (Lipinski definition) is 4. The van der Waals surface area contributed by atoms with E-state index in [2.05, 4.69) is 4.98 Å². The Morgan fingerprint density at radius 1 is 0.829 bits per heavy atom. The zero-order valence-electron chi connectivity index (χ0n) is 19.2. The molecule has 0 aliphatic heterocycles. The first-order chi connectivity index (χ1) is 17.2. The molecule has 2 heterocycles. The summed E-state index contributed by atoms with van der Waals surface area (Å²) in [5.74, 6) is -0.738. The number of fused-ring (bicyclic) bond motifs is 3. The molecule has 35 heavy (non-hydrogen) atoms. The van der Waals surface area contributed by atoms with Crippen LogP contribution in [0.1, 0.15) is 56.5 Å². The third-order valence-electron chi connectivity index (χ3n) is 6.79. The van der Waals surface area contributed by atoms with E-state index < -0.39 is 12.1 Å². The number of nitrogens with zero attached hydrogens (tertiary/aromatic N) is 1. The van der Waals surface area contributed by atoms with E-state index in [1.807, 2.05) is 78.9 Å². The van der Waals surface area contributed by atoms with Crippen LogP contribution in [-0.2, 0) is 17.6 Å². The lowest BCUT2D eigenvalue weighted by molar-refractivity contribution is 0.0281. The van der Waals surface area contributed by atoms with Crippen molar-refractivity contribution in [3.8, 4) is 0 Å². The second kappa shape index (κ2) is 8.84. The van der Waals surface area contributed by atoms with Gasteiger partial charge in [-0.2, -0.15) is 0 Å². The molecule has 1 unspecified atom stereocenters. The Hall–Kier alpha value is -4.25. The summed E-state index contributed by atoms with van der Waals surface area (Å²) < 4.78 is 6.10. The first kappa shape index (κ1) is 21.3. The number of aromatic amines is 1. The van der Waals surface area contributed by atoms with Crippen molar-refractivity contribution >= 4 is 33.6 Å². The monoisotopic (exact) mass is 460 g/mol. The van der Waals surface area contributed by atoms with Gasteiger partial charge in [-0.3, -0.25) is 9.78 Å². The van der Waals surface area contributed by atoms with Crippen molar-refractivity contribution in [3.63, 3.8) is 0 Å². The Balaban J connectivity index is 1.45. The number of ether oxygens (including phenoxy) is 1. The van der Waals surface area contributed by atoms with Gasteiger partial charge in [0.1, 0.15) is 0 Å². The average molecular weight is 461 g/mol. The Kier molecular flexibility index (Phi) is 5.38. The fraction of sp³-hybridized carbons (Fsp3) is 0.167. The minimum absolute atomic E-state index is 0.255. The molecule has 1 aliphatic rings. The molecule has 1 N–H and O–H groups in total. The van der Waals surface area contributed by atoms with Crippen LogP contribution in [0.5, 0.6) is 0 Å². The molecule has 0 bridgehead atoms. The van der Waals surface area contributed by atoms with E-state index in [1.165, 1.54) is 0 Å². The number of carbonyl (C=O) groups excluding carboxylic acids is 2. The van der Waals surface area contributed by atoms with Crippen molar-refractivity contribution in [3.05, 3.63) is 113 Å². The van der Waals surface area contributed by atoms with Gasteiger partial charge < -0.3 is 9.72 Å². The summed E-state index contributed by atoms with van der Waals surface area (Å²) >= 11 is 0. The molecule has 0 amide bonds. The normalized spacial score (nSPS) is 13.9. The fourth-order valence-electron chi connectivity index (χ4n) is 5.09. The number of ketones is 1. The Morgan fingerprint density at radius 3 is 2.40 bits per heavy atom. The maximum Gasteiger partial charge on any atom is 0.340 e. The molecule has 0 saturated carbocycles. The predicted octanol–water partition coefficient (Wildman–Crippen LogP) is 6.38. The zero-order chi connectivity index (χ0) is 23.8. The van der Waals surface area contributed by atoms with Crippen LogP contribution in [0.2, 0.25) is 0 Å². The maximum absolute atomic E-state index is 13.8. The highest BCUT2D eigenvalue weighted by molar-refractivity contribution is 6.12. The first-order valence-electron chi connectivity index (χ1n) is 12.0. The second-order valence-corrected chi connectivity index (χ2v) is 8.94. The Labute approximate surface area is 202 Å². The summed E-state index contributed by atoms with van der Waals surface area (Å²) in [6.07, 6.45) is 4.32. The highest BCUT2D eigenvalue weighted by Gasteiger charge is 2.31. The van der Waals surface area contributed by atoms with Crippen LogP contribution >= 0.6 is 0 Å². The van der Waals surface area contributed by atoms with E-state index in [9.17, 15) is 9.59 Å². The van der Waals surface area contributed by atoms with E-state index in [4.69, 9.17) is 9.72 Å². The average Bonchev–Trinajstić information content (AvgIpc) is 3.34. The van der Waals surface area contributed by atoms with Crippen molar-refractivity contribution in [2.45, 2.75) is 31.8 Å². The van der Waals surface area contributed by atoms with Gasteiger partial charge in [-0.25, -0.2) is 4.79 Å². The quantitative estimate of drug-likeness (QED) is 0.244. The van der Waals surface area contributed by atoms with Crippen LogP contribution in [-0.4, -0.2) is 21.7 Å². The van der Waals surface area contributed by atoms with E-state index in [0.717, 1.165) is 58.7 Å². The van der Waals surface area contributed by atoms with E-state index >= 15 is 0 Å². The van der Waals surface area contributed by atoms with Crippen molar-refractivity contribution in [1.29, 1.82) is 0 Å². The number of H-pyrrole nitrogens is 1. The van der Waals surface area contributed by atoms with Crippen LogP contribution in [0, 0.1) is 0 Å². The van der Waals surface area contributed by atoms with Crippen LogP contribution in [0.15, 0.2) is 85.1 Å². The zero-order valence-corrected chi connectivity index (χ0v) is 19.2. The largest absolute Gasteiger partial charge is 0.445 e. The van der Waals surface area contributed by atoms with Crippen molar-refractivity contribution in [2.75, 3.05) is 0 Å². The number of hydrogen-bond donors (Lipinski definition) is 1. The molecular weight excluding hydrogens is 436 g/mol. The van der Waals surface area contributed by atoms with Crippen molar-refractivity contribution in [2.24, 2.45) is 0 Å². The SMILES string of the molecule is O=C(OC(C(=O)c1c[nH]c2ccccc12)c1ccccc1)c1c2c(nc3ccccc13)CCCC2. The van der Waals surface area contributed by atoms with Gasteiger partial charge in [0.2, 0.25) is 5.78 Å². The van der Waals surface area contributed by atoms with Crippen molar-refractivity contribution < 1.29 is 14.3 Å². The summed E-state index contributed by atoms with van der Waals surface area (Å²) in [6, 6.07) is 24.5. The van der Waals surface area contributed by atoms with Gasteiger partial charge in [0, 0.05) is 39.3 Å². The van der Waals surface area contributed by atoms with Crippen LogP contribution in [0.4, 0.5) is 0 Å². The molecule has 0 spiro atoms. The summed E-state index contributed by atoms with van der Waals surface area (Å²) in [5.41, 5.74) is 5.24. The van der Waals surface area contributed by atoms with Crippen LogP contribution in [0.25, 0.3) is 21.8 Å². The van der Waals surface area contributed by atoms with Gasteiger partial charge >= 0.3 is 5.97 Å². The predicted molar refractivity (Wildman–Crippen MR) is 136 cm³/mol. The number of pyridine rings is 1. The lowest BCUT2D eigenvalue weighted by atomic mass is 9.89. The Morgan fingerprint density at radius 2 is 1.54 bits per heavy atom. The number of Topliss-reactive ketones (excluding diaryl/α,β-unsaturated/α-hetero) is 1. The summed E-state index contributed by atoms with van der Waals surface area (Å²) in [6.45, 7) is 0. The summed E-state index contributed by atoms with van der Waals surface area (Å²) in [7, 11) is 0. The van der Waals surface area contributed by atoms with E-state index in [-0.39, 0.29) is 5.78 Å². The van der Waals surface area contributed by atoms with Gasteiger partial charge in [-0.15, -0.1) is 0 Å². The minimum Gasteiger partial charge on any atom is -0.445 e. The van der Waals surface area contributed by atoms with Gasteiger partial charge in [0.05, 0.1) is 11.1 Å². The van der Waals surface area contributed by atoms with Gasteiger partial charge in [-0.1, -0.05) is 66.7 Å². The molecule has 0 saturated heterocycles. The van der Waals surface area contributed by atoms with Crippen molar-refractivity contribution in [1.82, 2.24) is 9.97 Å². The number of rotatable bonds is 5. The summed E-state index contributed by atoms with van der Waals surface area (Å²) in [5, 5.41) is 1.57. The van der Waals surface area contributed by atoms with Gasteiger partial charge in [0.15, 0.2) is 6.10 Å². The molecule has 0 fully saturated rings. The van der Waals surface area contributed by atoms with Gasteiger partial charge in [-0.05, 0) is 43.4 Å². The molecule has 0 radical (unpaired) electrons. The lowest BCUT2D eigenvalue weighted by Crippen LogP contribution is -2.22. The smallest absolute Gasteiger partial charge is 0.340 e. The number of benzene rings is 3. The maximum atomic E-state index is 13.8. The molecule has 6 rings (SSSR count). The fourth-order valence-corrected chi connectivity index (χ4v) is 5.09. The highest BCUT2D eigenvalue weighted by Crippen LogP contribution is 2.33. The third-order valence-corrected chi connectivity index (χ3v) is 6.79. The van der Waals surface area contributed by atoms with Crippen LogP contribution in [0.3, 0.4) is 0 Å². The summed E-state index contributed by atoms with van der Waals surface area (Å²) in [4.78, 5) is 35.7.